The van der Waals surface area contributed by atoms with Crippen LogP contribution in [-0.4, -0.2) is 14.8 Å². The highest BCUT2D eigenvalue weighted by molar-refractivity contribution is 5.59. The van der Waals surface area contributed by atoms with Crippen molar-refractivity contribution >= 4 is 0 Å². The molecule has 0 saturated heterocycles. The summed E-state index contributed by atoms with van der Waals surface area (Å²) in [6, 6.07) is 24.6. The molecule has 0 atom stereocenters. The van der Waals surface area contributed by atoms with Crippen LogP contribution >= 0.6 is 0 Å². The maximum Gasteiger partial charge on any atom is 0.222 e. The smallest absolute Gasteiger partial charge is 0.222 e. The van der Waals surface area contributed by atoms with Crippen molar-refractivity contribution in [2.24, 2.45) is 7.05 Å². The van der Waals surface area contributed by atoms with Crippen LogP contribution in [0.25, 0.3) is 11.3 Å². The monoisotopic (exact) mass is 397 g/mol. The number of ether oxygens (including phenoxy) is 1. The first kappa shape index (κ1) is 19.9. The first-order valence-corrected chi connectivity index (χ1v) is 10.2. The minimum Gasteiger partial charge on any atom is -0.438 e. The van der Waals surface area contributed by atoms with Gasteiger partial charge in [0.15, 0.2) is 0 Å². The van der Waals surface area contributed by atoms with E-state index in [1.54, 1.807) is 6.20 Å². The highest BCUT2D eigenvalue weighted by atomic mass is 16.5. The predicted octanol–water partition coefficient (Wildman–Crippen LogP) is 6.16. The van der Waals surface area contributed by atoms with Gasteiger partial charge in [0.2, 0.25) is 5.88 Å². The van der Waals surface area contributed by atoms with Gasteiger partial charge >= 0.3 is 0 Å². The van der Waals surface area contributed by atoms with Crippen molar-refractivity contribution in [1.82, 2.24) is 14.8 Å². The van der Waals surface area contributed by atoms with E-state index in [1.165, 1.54) is 0 Å². The molecule has 0 bridgehead atoms. The van der Waals surface area contributed by atoms with Crippen LogP contribution in [0.4, 0.5) is 0 Å². The summed E-state index contributed by atoms with van der Waals surface area (Å²) in [5.74, 6) is 1.48. The molecule has 0 fully saturated rings. The molecule has 2 heterocycles. The number of rotatable bonds is 5. The summed E-state index contributed by atoms with van der Waals surface area (Å²) in [4.78, 5) is 4.54. The lowest BCUT2D eigenvalue weighted by atomic mass is 9.86. The molecule has 30 heavy (non-hydrogen) atoms. The normalized spacial score (nSPS) is 11.5. The third-order valence-electron chi connectivity index (χ3n) is 5.17. The molecule has 4 aromatic rings. The van der Waals surface area contributed by atoms with Gasteiger partial charge in [-0.05, 0) is 23.6 Å². The van der Waals surface area contributed by atoms with Gasteiger partial charge in [-0.1, -0.05) is 75.4 Å². The molecule has 0 amide bonds. The highest BCUT2D eigenvalue weighted by Crippen LogP contribution is 2.34. The van der Waals surface area contributed by atoms with Crippen LogP contribution in [0.15, 0.2) is 79.0 Å². The average Bonchev–Trinajstić information content (AvgIpc) is 3.10. The molecule has 152 valence electrons. The number of pyridine rings is 1. The van der Waals surface area contributed by atoms with E-state index < -0.39 is 0 Å². The van der Waals surface area contributed by atoms with Crippen molar-refractivity contribution in [3.8, 4) is 22.9 Å². The fourth-order valence-corrected chi connectivity index (χ4v) is 3.55. The topological polar surface area (TPSA) is 39.9 Å². The highest BCUT2D eigenvalue weighted by Gasteiger charge is 2.20. The number of para-hydroxylation sites is 1. The van der Waals surface area contributed by atoms with E-state index >= 15 is 0 Å². The van der Waals surface area contributed by atoms with E-state index in [9.17, 15) is 0 Å². The Morgan fingerprint density at radius 3 is 2.40 bits per heavy atom. The fraction of sp³-hybridized carbons (Fsp3) is 0.231. The zero-order valence-corrected chi connectivity index (χ0v) is 18.0. The van der Waals surface area contributed by atoms with Gasteiger partial charge < -0.3 is 4.74 Å². The van der Waals surface area contributed by atoms with E-state index in [1.807, 2.05) is 54.2 Å². The van der Waals surface area contributed by atoms with Gasteiger partial charge in [0.25, 0.3) is 0 Å². The van der Waals surface area contributed by atoms with Gasteiger partial charge in [-0.3, -0.25) is 4.68 Å². The third-order valence-corrected chi connectivity index (χ3v) is 5.17. The molecule has 2 aromatic heterocycles. The maximum absolute atomic E-state index is 6.33. The molecule has 0 aliphatic heterocycles. The van der Waals surface area contributed by atoms with Crippen LogP contribution in [0.1, 0.15) is 37.6 Å². The second-order valence-electron chi connectivity index (χ2n) is 8.50. The van der Waals surface area contributed by atoms with Crippen LogP contribution in [0, 0.1) is 0 Å². The van der Waals surface area contributed by atoms with Crippen molar-refractivity contribution in [3.05, 3.63) is 95.8 Å². The molecule has 0 unspecified atom stereocenters. The van der Waals surface area contributed by atoms with Gasteiger partial charge in [0, 0.05) is 42.0 Å². The van der Waals surface area contributed by atoms with Crippen molar-refractivity contribution < 1.29 is 4.74 Å². The molecule has 4 nitrogen and oxygen atoms in total. The van der Waals surface area contributed by atoms with E-state index in [2.05, 4.69) is 56.1 Å². The summed E-state index contributed by atoms with van der Waals surface area (Å²) < 4.78 is 8.26. The first-order valence-electron chi connectivity index (χ1n) is 10.2. The van der Waals surface area contributed by atoms with Crippen molar-refractivity contribution in [3.63, 3.8) is 0 Å². The Labute approximate surface area is 178 Å². The van der Waals surface area contributed by atoms with Gasteiger partial charge in [0.05, 0.1) is 5.69 Å². The molecule has 0 aliphatic carbocycles. The van der Waals surface area contributed by atoms with Gasteiger partial charge in [-0.15, -0.1) is 0 Å². The third kappa shape index (κ3) is 4.28. The Hall–Kier alpha value is -3.40. The Morgan fingerprint density at radius 1 is 0.900 bits per heavy atom. The molecule has 0 spiro atoms. The van der Waals surface area contributed by atoms with Crippen molar-refractivity contribution in [2.45, 2.75) is 32.6 Å². The molecule has 0 aliphatic rings. The largest absolute Gasteiger partial charge is 0.438 e. The second-order valence-corrected chi connectivity index (χ2v) is 8.50. The lowest BCUT2D eigenvalue weighted by molar-refractivity contribution is 0.435. The van der Waals surface area contributed by atoms with Crippen LogP contribution in [0.3, 0.4) is 0 Å². The fourth-order valence-electron chi connectivity index (χ4n) is 3.55. The Bertz CT molecular complexity index is 1140. The minimum absolute atomic E-state index is 0.0157. The summed E-state index contributed by atoms with van der Waals surface area (Å²) in [5, 5.41) is 4.69. The minimum atomic E-state index is -0.0157. The lowest BCUT2D eigenvalue weighted by Gasteiger charge is -2.22. The number of aryl methyl sites for hydroxylation is 1. The Morgan fingerprint density at radius 2 is 1.63 bits per heavy atom. The zero-order valence-electron chi connectivity index (χ0n) is 18.0. The van der Waals surface area contributed by atoms with Crippen LogP contribution in [0.2, 0.25) is 0 Å². The average molecular weight is 398 g/mol. The van der Waals surface area contributed by atoms with E-state index in [4.69, 9.17) is 9.84 Å². The summed E-state index contributed by atoms with van der Waals surface area (Å²) in [6.45, 7) is 6.57. The predicted molar refractivity (Wildman–Crippen MR) is 121 cm³/mol. The van der Waals surface area contributed by atoms with Gasteiger partial charge in [0.1, 0.15) is 5.75 Å². The number of hydrogen-bond donors (Lipinski definition) is 0. The van der Waals surface area contributed by atoms with E-state index in [-0.39, 0.29) is 5.41 Å². The summed E-state index contributed by atoms with van der Waals surface area (Å²) >= 11 is 0. The Balaban J connectivity index is 1.64. The first-order chi connectivity index (χ1) is 14.4. The molecule has 0 N–H and O–H groups in total. The van der Waals surface area contributed by atoms with Crippen LogP contribution < -0.4 is 4.74 Å². The molecule has 0 saturated carbocycles. The zero-order chi connectivity index (χ0) is 21.1. The lowest BCUT2D eigenvalue weighted by Crippen LogP contribution is -2.12. The van der Waals surface area contributed by atoms with Gasteiger partial charge in [-0.2, -0.15) is 5.10 Å². The summed E-state index contributed by atoms with van der Waals surface area (Å²) in [5.41, 5.74) is 5.37. The number of benzene rings is 2. The SMILES string of the molecule is Cn1nc(-c2ccccc2)cc1Cc1cccnc1Oc1ccccc1C(C)(C)C. The molecular weight excluding hydrogens is 370 g/mol. The van der Waals surface area contributed by atoms with Crippen LogP contribution in [0.5, 0.6) is 11.6 Å². The molecule has 0 radical (unpaired) electrons. The van der Waals surface area contributed by atoms with Crippen LogP contribution in [-0.2, 0) is 18.9 Å². The second kappa shape index (κ2) is 8.15. The van der Waals surface area contributed by atoms with Crippen molar-refractivity contribution in [2.75, 3.05) is 0 Å². The standard InChI is InChI=1S/C26H27N3O/c1-26(2,3)22-14-8-9-15-24(22)30-25-20(13-10-16-27-25)17-21-18-23(28-29(21)4)19-11-6-5-7-12-19/h5-16,18H,17H2,1-4H3. The van der Waals surface area contributed by atoms with Crippen molar-refractivity contribution in [1.29, 1.82) is 0 Å². The van der Waals surface area contributed by atoms with E-state index in [0.717, 1.165) is 33.8 Å². The number of hydrogen-bond acceptors (Lipinski definition) is 3. The van der Waals surface area contributed by atoms with E-state index in [0.29, 0.717) is 12.3 Å². The van der Waals surface area contributed by atoms with Gasteiger partial charge in [-0.25, -0.2) is 4.98 Å². The number of aromatic nitrogens is 3. The molecule has 4 rings (SSSR count). The molecule has 4 heteroatoms. The summed E-state index contributed by atoms with van der Waals surface area (Å²) in [7, 11) is 1.98. The summed E-state index contributed by atoms with van der Waals surface area (Å²) in [6.07, 6.45) is 2.47. The molecule has 2 aromatic carbocycles. The Kier molecular flexibility index (Phi) is 5.40. The maximum atomic E-state index is 6.33. The quantitative estimate of drug-likeness (QED) is 0.405. The number of nitrogens with zero attached hydrogens (tertiary/aromatic N) is 3. The molecular formula is C26H27N3O.